The maximum Gasteiger partial charge on any atom is 0.123 e. The molecular weight excluding hydrogens is 270 g/mol. The molecule has 20 heavy (non-hydrogen) atoms. The first kappa shape index (κ1) is 14.2. The Kier molecular flexibility index (Phi) is 4.52. The van der Waals surface area contributed by atoms with Crippen molar-refractivity contribution in [1.82, 2.24) is 5.32 Å². The molecule has 1 aliphatic heterocycles. The summed E-state index contributed by atoms with van der Waals surface area (Å²) in [5.41, 5.74) is 2.67. The average Bonchev–Trinajstić information content (AvgIpc) is 3.04. The van der Waals surface area contributed by atoms with Crippen LogP contribution in [0.5, 0.6) is 5.75 Å². The van der Waals surface area contributed by atoms with Crippen molar-refractivity contribution in [3.63, 3.8) is 0 Å². The molecule has 0 radical (unpaired) electrons. The summed E-state index contributed by atoms with van der Waals surface area (Å²) in [6.45, 7) is 4.17. The minimum Gasteiger partial charge on any atom is -0.488 e. The zero-order valence-corrected chi connectivity index (χ0v) is 13.0. The van der Waals surface area contributed by atoms with Crippen LogP contribution in [0.2, 0.25) is 0 Å². The van der Waals surface area contributed by atoms with Crippen molar-refractivity contribution in [2.24, 2.45) is 11.8 Å². The molecular formula is C17H24ClNO. The Balaban J connectivity index is 1.45. The third-order valence-corrected chi connectivity index (χ3v) is 5.15. The van der Waals surface area contributed by atoms with Crippen LogP contribution in [-0.2, 0) is 6.42 Å². The van der Waals surface area contributed by atoms with E-state index < -0.39 is 0 Å². The first-order chi connectivity index (χ1) is 9.76. The van der Waals surface area contributed by atoms with Gasteiger partial charge in [0.15, 0.2) is 0 Å². The molecule has 1 saturated carbocycles. The van der Waals surface area contributed by atoms with Crippen LogP contribution in [0.15, 0.2) is 18.2 Å². The number of alkyl halides is 1. The smallest absolute Gasteiger partial charge is 0.123 e. The van der Waals surface area contributed by atoms with Gasteiger partial charge in [-0.3, -0.25) is 0 Å². The summed E-state index contributed by atoms with van der Waals surface area (Å²) in [5.74, 6) is 3.37. The molecule has 0 saturated heterocycles. The van der Waals surface area contributed by atoms with Gasteiger partial charge in [0, 0.05) is 18.8 Å². The number of halogens is 1. The van der Waals surface area contributed by atoms with Gasteiger partial charge in [-0.1, -0.05) is 24.1 Å². The van der Waals surface area contributed by atoms with Gasteiger partial charge < -0.3 is 10.1 Å². The summed E-state index contributed by atoms with van der Waals surface area (Å²) in [5, 5.41) is 3.60. The van der Waals surface area contributed by atoms with Crippen LogP contribution in [0.25, 0.3) is 0 Å². The fourth-order valence-electron chi connectivity index (χ4n) is 3.58. The number of benzene rings is 1. The summed E-state index contributed by atoms with van der Waals surface area (Å²) >= 11 is 6.03. The minimum absolute atomic E-state index is 0.294. The van der Waals surface area contributed by atoms with E-state index >= 15 is 0 Å². The molecule has 3 heteroatoms. The highest BCUT2D eigenvalue weighted by molar-refractivity contribution is 6.18. The summed E-state index contributed by atoms with van der Waals surface area (Å²) in [6.07, 6.45) is 5.31. The van der Waals surface area contributed by atoms with Gasteiger partial charge in [-0.05, 0) is 49.8 Å². The lowest BCUT2D eigenvalue weighted by Crippen LogP contribution is -2.34. The molecule has 110 valence electrons. The largest absolute Gasteiger partial charge is 0.488 e. The molecule has 0 aromatic heterocycles. The van der Waals surface area contributed by atoms with E-state index in [9.17, 15) is 0 Å². The lowest BCUT2D eigenvalue weighted by atomic mass is 9.98. The summed E-state index contributed by atoms with van der Waals surface area (Å²) < 4.78 is 5.99. The van der Waals surface area contributed by atoms with E-state index in [1.54, 1.807) is 0 Å². The van der Waals surface area contributed by atoms with E-state index in [0.29, 0.717) is 12.0 Å². The molecule has 1 N–H and O–H groups in total. The Hall–Kier alpha value is -0.730. The van der Waals surface area contributed by atoms with Crippen LogP contribution in [0, 0.1) is 18.8 Å². The Bertz CT molecular complexity index is 462. The molecule has 2 nitrogen and oxygen atoms in total. The standard InChI is InChI=1S/C17H24ClNO/c1-12-5-6-17-15(7-12)8-16(20-17)11-19-10-14-4-2-3-13(14)9-18/h5-7,13-14,16,19H,2-4,8-11H2,1H3. The Morgan fingerprint density at radius 3 is 2.95 bits per heavy atom. The van der Waals surface area contributed by atoms with Crippen LogP contribution < -0.4 is 10.1 Å². The van der Waals surface area contributed by atoms with Crippen molar-refractivity contribution in [2.75, 3.05) is 19.0 Å². The van der Waals surface area contributed by atoms with E-state index in [2.05, 4.69) is 30.4 Å². The predicted octanol–water partition coefficient (Wildman–Crippen LogP) is 3.54. The fraction of sp³-hybridized carbons (Fsp3) is 0.647. The van der Waals surface area contributed by atoms with Crippen molar-refractivity contribution in [1.29, 1.82) is 0 Å². The van der Waals surface area contributed by atoms with Gasteiger partial charge >= 0.3 is 0 Å². The first-order valence-corrected chi connectivity index (χ1v) is 8.32. The third-order valence-electron chi connectivity index (χ3n) is 4.75. The maximum absolute atomic E-state index is 6.03. The quantitative estimate of drug-likeness (QED) is 0.839. The number of ether oxygens (including phenoxy) is 1. The monoisotopic (exact) mass is 293 g/mol. The number of hydrogen-bond donors (Lipinski definition) is 1. The highest BCUT2D eigenvalue weighted by atomic mass is 35.5. The molecule has 3 atom stereocenters. The molecule has 3 unspecified atom stereocenters. The van der Waals surface area contributed by atoms with Crippen LogP contribution in [0.1, 0.15) is 30.4 Å². The highest BCUT2D eigenvalue weighted by Gasteiger charge is 2.27. The maximum atomic E-state index is 6.03. The van der Waals surface area contributed by atoms with Gasteiger partial charge in [0.05, 0.1) is 0 Å². The Morgan fingerprint density at radius 1 is 1.25 bits per heavy atom. The SMILES string of the molecule is Cc1ccc2c(c1)CC(CNCC1CCCC1CCl)O2. The Labute approximate surface area is 126 Å². The lowest BCUT2D eigenvalue weighted by molar-refractivity contribution is 0.222. The van der Waals surface area contributed by atoms with E-state index in [1.165, 1.54) is 30.4 Å². The molecule has 0 spiro atoms. The first-order valence-electron chi connectivity index (χ1n) is 7.79. The molecule has 1 fully saturated rings. The average molecular weight is 294 g/mol. The van der Waals surface area contributed by atoms with Crippen LogP contribution >= 0.6 is 11.6 Å². The van der Waals surface area contributed by atoms with Gasteiger partial charge in [0.25, 0.3) is 0 Å². The van der Waals surface area contributed by atoms with Gasteiger partial charge in [-0.15, -0.1) is 11.6 Å². The normalized spacial score (nSPS) is 28.4. The second-order valence-corrected chi connectivity index (χ2v) is 6.63. The van der Waals surface area contributed by atoms with Crippen LogP contribution in [0.3, 0.4) is 0 Å². The second-order valence-electron chi connectivity index (χ2n) is 6.32. The van der Waals surface area contributed by atoms with Gasteiger partial charge in [-0.2, -0.15) is 0 Å². The summed E-state index contributed by atoms with van der Waals surface area (Å²) in [6, 6.07) is 6.47. The lowest BCUT2D eigenvalue weighted by Gasteiger charge is -2.19. The molecule has 1 aliphatic carbocycles. The van der Waals surface area contributed by atoms with Crippen molar-refractivity contribution in [3.05, 3.63) is 29.3 Å². The molecule has 1 aromatic carbocycles. The van der Waals surface area contributed by atoms with E-state index in [-0.39, 0.29) is 0 Å². The van der Waals surface area contributed by atoms with E-state index in [4.69, 9.17) is 16.3 Å². The molecule has 1 aromatic rings. The molecule has 0 bridgehead atoms. The molecule has 3 rings (SSSR count). The topological polar surface area (TPSA) is 21.3 Å². The van der Waals surface area contributed by atoms with Crippen LogP contribution in [0.4, 0.5) is 0 Å². The number of fused-ring (bicyclic) bond motifs is 1. The van der Waals surface area contributed by atoms with Crippen molar-refractivity contribution >= 4 is 11.6 Å². The zero-order valence-electron chi connectivity index (χ0n) is 12.2. The highest BCUT2D eigenvalue weighted by Crippen LogP contribution is 2.32. The zero-order chi connectivity index (χ0) is 13.9. The Morgan fingerprint density at radius 2 is 2.10 bits per heavy atom. The summed E-state index contributed by atoms with van der Waals surface area (Å²) in [7, 11) is 0. The van der Waals surface area contributed by atoms with Gasteiger partial charge in [0.1, 0.15) is 11.9 Å². The number of hydrogen-bond acceptors (Lipinski definition) is 2. The van der Waals surface area contributed by atoms with Crippen LogP contribution in [-0.4, -0.2) is 25.1 Å². The van der Waals surface area contributed by atoms with Crippen molar-refractivity contribution in [2.45, 2.75) is 38.7 Å². The molecule has 0 amide bonds. The minimum atomic E-state index is 0.294. The molecule has 2 aliphatic rings. The van der Waals surface area contributed by atoms with E-state index in [1.807, 2.05) is 0 Å². The van der Waals surface area contributed by atoms with Crippen molar-refractivity contribution < 1.29 is 4.74 Å². The second kappa shape index (κ2) is 6.36. The van der Waals surface area contributed by atoms with Crippen molar-refractivity contribution in [3.8, 4) is 5.75 Å². The fourth-order valence-corrected chi connectivity index (χ4v) is 3.98. The van der Waals surface area contributed by atoms with E-state index in [0.717, 1.165) is 37.1 Å². The third kappa shape index (κ3) is 3.12. The summed E-state index contributed by atoms with van der Waals surface area (Å²) in [4.78, 5) is 0. The van der Waals surface area contributed by atoms with Gasteiger partial charge in [0.2, 0.25) is 0 Å². The number of rotatable bonds is 5. The number of aryl methyl sites for hydroxylation is 1. The predicted molar refractivity (Wildman–Crippen MR) is 83.7 cm³/mol. The number of nitrogens with one attached hydrogen (secondary N) is 1. The molecule has 1 heterocycles. The van der Waals surface area contributed by atoms with Gasteiger partial charge in [-0.25, -0.2) is 0 Å².